The molecule has 9 amide bonds. The number of hydrogen-bond donors (Lipinski definition) is 18. The normalized spacial score (nSPS) is 14.5. The molecule has 2 rings (SSSR count). The number of nitrogens with two attached hydrogens (primary N) is 3. The Kier molecular flexibility index (Phi) is 32.3. The smallest absolute Gasteiger partial charge is 0.326 e. The lowest BCUT2D eigenvalue weighted by Crippen LogP contribution is -2.62. The molecule has 2 aromatic rings. The van der Waals surface area contributed by atoms with Gasteiger partial charge in [-0.1, -0.05) is 84.0 Å². The van der Waals surface area contributed by atoms with Gasteiger partial charge in [0, 0.05) is 25.8 Å². The second-order valence-electron chi connectivity index (χ2n) is 22.2. The van der Waals surface area contributed by atoms with Crippen molar-refractivity contribution in [2.75, 3.05) is 13.2 Å². The Morgan fingerprint density at radius 1 is 0.461 bits per heavy atom. The van der Waals surface area contributed by atoms with Gasteiger partial charge in [-0.05, 0) is 73.1 Å². The summed E-state index contributed by atoms with van der Waals surface area (Å²) in [5.74, 6) is -17.4. The molecule has 0 saturated carbocycles. The number of aliphatic hydroxyl groups excluding tert-OH is 1. The molecule has 0 fully saturated rings. The van der Waals surface area contributed by atoms with E-state index >= 15 is 0 Å². The second-order valence-corrected chi connectivity index (χ2v) is 22.2. The number of rotatable bonds is 40. The highest BCUT2D eigenvalue weighted by atomic mass is 16.4. The van der Waals surface area contributed by atoms with Crippen LogP contribution in [0.25, 0.3) is 0 Å². The topological polar surface area (TPSA) is 542 Å². The van der Waals surface area contributed by atoms with Gasteiger partial charge in [0.2, 0.25) is 53.2 Å². The second kappa shape index (κ2) is 38.0. The van der Waals surface area contributed by atoms with Crippen LogP contribution in [0.4, 0.5) is 0 Å². The van der Waals surface area contributed by atoms with Gasteiger partial charge in [-0.15, -0.1) is 0 Å². The average molecular weight is 1260 g/mol. The maximum absolute atomic E-state index is 14.2. The molecule has 89 heavy (non-hydrogen) atoms. The van der Waals surface area contributed by atoms with Crippen LogP contribution in [-0.4, -0.2) is 187 Å². The lowest BCUT2D eigenvalue weighted by molar-refractivity contribution is -0.143. The fourth-order valence-electron chi connectivity index (χ4n) is 8.66. The molecule has 0 radical (unpaired) electrons. The Hall–Kier alpha value is -9.46. The van der Waals surface area contributed by atoms with E-state index in [1.807, 2.05) is 0 Å². The number of guanidine groups is 1. The predicted molar refractivity (Wildman–Crippen MR) is 317 cm³/mol. The van der Waals surface area contributed by atoms with E-state index in [1.54, 1.807) is 58.0 Å². The first-order valence-corrected chi connectivity index (χ1v) is 28.6. The molecule has 0 aliphatic carbocycles. The van der Waals surface area contributed by atoms with E-state index in [4.69, 9.17) is 17.2 Å². The van der Waals surface area contributed by atoms with Gasteiger partial charge in [0.25, 0.3) is 0 Å². The quantitative estimate of drug-likeness (QED) is 0.0175. The lowest BCUT2D eigenvalue weighted by atomic mass is 9.99. The van der Waals surface area contributed by atoms with Gasteiger partial charge in [0.1, 0.15) is 60.1 Å². The molecule has 0 unspecified atom stereocenters. The van der Waals surface area contributed by atoms with Crippen molar-refractivity contribution in [3.05, 3.63) is 65.7 Å². The Morgan fingerprint density at radius 3 is 1.36 bits per heavy atom. The van der Waals surface area contributed by atoms with Gasteiger partial charge >= 0.3 is 23.9 Å². The minimum absolute atomic E-state index is 0.0312. The molecule has 10 atom stereocenters. The van der Waals surface area contributed by atoms with E-state index in [0.717, 1.165) is 0 Å². The van der Waals surface area contributed by atoms with Gasteiger partial charge < -0.3 is 95.7 Å². The number of hydrogen-bond acceptors (Lipinski definition) is 17. The number of carboxylic acids is 4. The highest BCUT2D eigenvalue weighted by molar-refractivity contribution is 5.99. The number of carbonyl (C=O) groups is 13. The highest BCUT2D eigenvalue weighted by Gasteiger charge is 2.37. The van der Waals surface area contributed by atoms with Crippen LogP contribution < -0.4 is 65.1 Å². The van der Waals surface area contributed by atoms with Crippen LogP contribution in [-0.2, 0) is 75.2 Å². The molecular formula is C57H85N13O19. The standard InChI is InChI=1S/C57H85N13O19/c1-28(2)21-37(65-52(84)39(23-32-14-16-33(72)17-15-32)64-47(79)34(58)25-44(75)76)50(82)62-35(13-10-20-61-57(59)60)48(80)69-42(27-71)54(86)70-46(30(5)6)55(87)67-38(22-29(3)4)51(83)63-36(18-19-43(73)74)49(81)66-40(26-45(77)78)53(85)68-41(56(88)89)24-31-11-8-7-9-12-31/h7-9,11-12,14-17,28-30,34-42,46,71-72H,10,13,18-27,58H2,1-6H3,(H,62,82)(H,63,83)(H,64,79)(H,65,84)(H,66,81)(H,67,87)(H,68,85)(H,69,80)(H,70,86)(H,73,74)(H,75,76)(H,77,78)(H,88,89)(H4,59,60,61)/t34-,35-,36-,37-,38-,39-,40-,41-,42-,46-/m0/s1. The summed E-state index contributed by atoms with van der Waals surface area (Å²) < 4.78 is 0. The van der Waals surface area contributed by atoms with Crippen molar-refractivity contribution in [2.45, 2.75) is 166 Å². The Bertz CT molecular complexity index is 2800. The van der Waals surface area contributed by atoms with Crippen molar-refractivity contribution < 1.29 is 93.0 Å². The van der Waals surface area contributed by atoms with Crippen LogP contribution in [0.5, 0.6) is 5.75 Å². The first-order chi connectivity index (χ1) is 41.7. The van der Waals surface area contributed by atoms with Crippen LogP contribution in [0.2, 0.25) is 0 Å². The molecule has 0 aromatic heterocycles. The summed E-state index contributed by atoms with van der Waals surface area (Å²) in [5, 5.41) is 80.1. The summed E-state index contributed by atoms with van der Waals surface area (Å²) in [7, 11) is 0. The summed E-state index contributed by atoms with van der Waals surface area (Å²) in [6, 6.07) is -2.57. The molecule has 0 spiro atoms. The van der Waals surface area contributed by atoms with E-state index in [2.05, 4.69) is 52.8 Å². The number of aliphatic carboxylic acids is 4. The van der Waals surface area contributed by atoms with Crippen molar-refractivity contribution >= 4 is 83.0 Å². The Morgan fingerprint density at radius 2 is 0.876 bits per heavy atom. The lowest BCUT2D eigenvalue weighted by Gasteiger charge is -2.29. The zero-order valence-electron chi connectivity index (χ0n) is 50.4. The molecule has 492 valence electrons. The first kappa shape index (κ1) is 75.6. The SMILES string of the molecule is CC(C)C[C@H](NC(=O)[C@H](Cc1ccc(O)cc1)NC(=O)[C@@H](N)CC(=O)O)C(=O)N[C@@H](CCCN=C(N)N)C(=O)N[C@@H](CO)C(=O)N[C@H](C(=O)N[C@@H](CC(C)C)C(=O)N[C@@H](CCC(=O)O)C(=O)N[C@@H](CC(=O)O)C(=O)N[C@@H](Cc1ccccc1)C(=O)O)C(C)C. The molecule has 32 nitrogen and oxygen atoms in total. The first-order valence-electron chi connectivity index (χ1n) is 28.6. The molecule has 0 heterocycles. The molecule has 0 aliphatic rings. The number of carboxylic acid groups (broad SMARTS) is 4. The predicted octanol–water partition coefficient (Wildman–Crippen LogP) is -3.44. The number of nitrogens with one attached hydrogen (secondary N) is 9. The zero-order chi connectivity index (χ0) is 67.2. The number of carbonyl (C=O) groups excluding carboxylic acids is 9. The number of phenolic OH excluding ortho intramolecular Hbond substituents is 1. The average Bonchev–Trinajstić information content (AvgIpc) is 3.38. The van der Waals surface area contributed by atoms with E-state index in [1.165, 1.54) is 38.1 Å². The fourth-order valence-corrected chi connectivity index (χ4v) is 8.66. The van der Waals surface area contributed by atoms with Crippen molar-refractivity contribution in [3.63, 3.8) is 0 Å². The molecule has 0 aliphatic heterocycles. The minimum atomic E-state index is -1.94. The fraction of sp³-hybridized carbons (Fsp3) is 0.544. The van der Waals surface area contributed by atoms with E-state index in [-0.39, 0.29) is 68.6 Å². The number of nitrogens with zero attached hydrogens (tertiary/aromatic N) is 1. The summed E-state index contributed by atoms with van der Waals surface area (Å²) in [6.07, 6.45) is -4.07. The van der Waals surface area contributed by atoms with Crippen molar-refractivity contribution in [1.29, 1.82) is 0 Å². The number of aliphatic imine (C=N–C) groups is 1. The molecule has 0 bridgehead atoms. The highest BCUT2D eigenvalue weighted by Crippen LogP contribution is 2.15. The van der Waals surface area contributed by atoms with Crippen LogP contribution in [0.1, 0.15) is 104 Å². The van der Waals surface area contributed by atoms with E-state index in [9.17, 15) is 93.0 Å². The van der Waals surface area contributed by atoms with Crippen LogP contribution in [0, 0.1) is 17.8 Å². The third-order valence-electron chi connectivity index (χ3n) is 13.3. The number of benzene rings is 2. The molecule has 0 saturated heterocycles. The summed E-state index contributed by atoms with van der Waals surface area (Å²) in [4.78, 5) is 176. The largest absolute Gasteiger partial charge is 0.508 e. The number of aliphatic hydroxyl groups is 1. The van der Waals surface area contributed by atoms with Gasteiger partial charge in [-0.25, -0.2) is 4.79 Å². The molecular weight excluding hydrogens is 1170 g/mol. The van der Waals surface area contributed by atoms with Crippen molar-refractivity contribution in [3.8, 4) is 5.75 Å². The summed E-state index contributed by atoms with van der Waals surface area (Å²) in [6.45, 7) is 8.60. The maximum Gasteiger partial charge on any atom is 0.326 e. The monoisotopic (exact) mass is 1260 g/mol. The Balaban J connectivity index is 2.42. The third kappa shape index (κ3) is 28.7. The van der Waals surface area contributed by atoms with E-state index in [0.29, 0.717) is 11.1 Å². The Labute approximate surface area is 513 Å². The molecule has 21 N–H and O–H groups in total. The van der Waals surface area contributed by atoms with Crippen LogP contribution >= 0.6 is 0 Å². The summed E-state index contributed by atoms with van der Waals surface area (Å²) in [5.41, 5.74) is 17.7. The number of amides is 9. The van der Waals surface area contributed by atoms with Crippen molar-refractivity contribution in [1.82, 2.24) is 47.9 Å². The van der Waals surface area contributed by atoms with Gasteiger partial charge in [-0.2, -0.15) is 0 Å². The maximum atomic E-state index is 14.2. The van der Waals surface area contributed by atoms with Crippen LogP contribution in [0.3, 0.4) is 0 Å². The van der Waals surface area contributed by atoms with Gasteiger partial charge in [-0.3, -0.25) is 62.5 Å². The van der Waals surface area contributed by atoms with Gasteiger partial charge in [0.05, 0.1) is 25.5 Å². The number of aromatic hydroxyl groups is 1. The van der Waals surface area contributed by atoms with E-state index < -0.39 is 176 Å². The third-order valence-corrected chi connectivity index (χ3v) is 13.3. The molecule has 2 aromatic carbocycles. The minimum Gasteiger partial charge on any atom is -0.508 e. The van der Waals surface area contributed by atoms with Gasteiger partial charge in [0.15, 0.2) is 5.96 Å². The van der Waals surface area contributed by atoms with Crippen molar-refractivity contribution in [2.24, 2.45) is 39.9 Å². The zero-order valence-corrected chi connectivity index (χ0v) is 50.4. The number of phenols is 1. The molecule has 32 heteroatoms. The van der Waals surface area contributed by atoms with Crippen LogP contribution in [0.15, 0.2) is 59.6 Å². The summed E-state index contributed by atoms with van der Waals surface area (Å²) >= 11 is 0.